The number of aliphatic hydroxyl groups excluding tert-OH is 1. The van der Waals surface area contributed by atoms with E-state index in [1.165, 1.54) is 6.20 Å². The van der Waals surface area contributed by atoms with E-state index in [0.29, 0.717) is 10.7 Å². The van der Waals surface area contributed by atoms with Gasteiger partial charge in [-0.2, -0.15) is 5.10 Å². The highest BCUT2D eigenvalue weighted by Gasteiger charge is 2.20. The van der Waals surface area contributed by atoms with Crippen molar-refractivity contribution in [1.29, 1.82) is 0 Å². The maximum absolute atomic E-state index is 10.4. The monoisotopic (exact) mass is 426 g/mol. The molecule has 0 aliphatic rings. The fourth-order valence-electron chi connectivity index (χ4n) is 1.60. The SMILES string of the molecule is Cn1ncc(Cl)c1C(O)c1cc(I)ccc1Br. The molecular formula is C11H9BrClIN2O. The summed E-state index contributed by atoms with van der Waals surface area (Å²) in [4.78, 5) is 0. The summed E-state index contributed by atoms with van der Waals surface area (Å²) in [6.07, 6.45) is 0.737. The number of hydrogen-bond acceptors (Lipinski definition) is 2. The molecule has 0 radical (unpaired) electrons. The molecule has 1 unspecified atom stereocenters. The molecule has 3 nitrogen and oxygen atoms in total. The summed E-state index contributed by atoms with van der Waals surface area (Å²) in [5.41, 5.74) is 1.37. The van der Waals surface area contributed by atoms with E-state index in [9.17, 15) is 5.11 Å². The number of aromatic nitrogens is 2. The van der Waals surface area contributed by atoms with Crippen molar-refractivity contribution in [2.75, 3.05) is 0 Å². The molecule has 6 heteroatoms. The Balaban J connectivity index is 2.50. The minimum atomic E-state index is -0.793. The molecule has 0 fully saturated rings. The van der Waals surface area contributed by atoms with Crippen molar-refractivity contribution in [1.82, 2.24) is 9.78 Å². The summed E-state index contributed by atoms with van der Waals surface area (Å²) in [6.45, 7) is 0. The maximum Gasteiger partial charge on any atom is 0.123 e. The smallest absolute Gasteiger partial charge is 0.123 e. The highest BCUT2D eigenvalue weighted by atomic mass is 127. The van der Waals surface area contributed by atoms with Gasteiger partial charge < -0.3 is 5.11 Å². The summed E-state index contributed by atoms with van der Waals surface area (Å²) < 4.78 is 3.49. The minimum absolute atomic E-state index is 0.464. The van der Waals surface area contributed by atoms with Crippen LogP contribution >= 0.6 is 50.1 Å². The molecule has 0 saturated heterocycles. The number of aliphatic hydroxyl groups is 1. The van der Waals surface area contributed by atoms with Gasteiger partial charge in [0.05, 0.1) is 16.9 Å². The molecule has 1 heterocycles. The average Bonchev–Trinajstić information content (AvgIpc) is 2.61. The van der Waals surface area contributed by atoms with Crippen LogP contribution in [0.15, 0.2) is 28.9 Å². The van der Waals surface area contributed by atoms with E-state index in [1.807, 2.05) is 18.2 Å². The first-order chi connectivity index (χ1) is 8.00. The zero-order valence-corrected chi connectivity index (χ0v) is 13.4. The first kappa shape index (κ1) is 13.3. The summed E-state index contributed by atoms with van der Waals surface area (Å²) in [6, 6.07) is 5.79. The van der Waals surface area contributed by atoms with Gasteiger partial charge in [-0.15, -0.1) is 0 Å². The van der Waals surface area contributed by atoms with Crippen molar-refractivity contribution in [3.05, 3.63) is 48.7 Å². The third-order valence-corrected chi connectivity index (χ3v) is 4.13. The molecule has 0 aliphatic carbocycles. The lowest BCUT2D eigenvalue weighted by molar-refractivity contribution is 0.209. The molecule has 0 saturated carbocycles. The van der Waals surface area contributed by atoms with Crippen LogP contribution in [0.25, 0.3) is 0 Å². The van der Waals surface area contributed by atoms with Gasteiger partial charge in [0.25, 0.3) is 0 Å². The molecule has 2 rings (SSSR count). The van der Waals surface area contributed by atoms with E-state index >= 15 is 0 Å². The number of aryl methyl sites for hydroxylation is 1. The minimum Gasteiger partial charge on any atom is -0.382 e. The van der Waals surface area contributed by atoms with Crippen molar-refractivity contribution in [3.63, 3.8) is 0 Å². The van der Waals surface area contributed by atoms with Gasteiger partial charge in [-0.1, -0.05) is 27.5 Å². The van der Waals surface area contributed by atoms with E-state index in [0.717, 1.165) is 13.6 Å². The van der Waals surface area contributed by atoms with Crippen molar-refractivity contribution >= 4 is 50.1 Å². The zero-order chi connectivity index (χ0) is 12.6. The molecule has 2 aromatic rings. The lowest BCUT2D eigenvalue weighted by atomic mass is 10.1. The van der Waals surface area contributed by atoms with Gasteiger partial charge in [0, 0.05) is 20.7 Å². The van der Waals surface area contributed by atoms with Crippen LogP contribution in [0.1, 0.15) is 17.4 Å². The molecule has 1 N–H and O–H groups in total. The molecule has 1 aromatic heterocycles. The van der Waals surface area contributed by atoms with Crippen LogP contribution in [0.5, 0.6) is 0 Å². The second kappa shape index (κ2) is 5.26. The summed E-state index contributed by atoms with van der Waals surface area (Å²) in [5, 5.41) is 14.9. The van der Waals surface area contributed by atoms with Crippen LogP contribution in [0, 0.1) is 3.57 Å². The number of hydrogen-bond donors (Lipinski definition) is 1. The molecule has 17 heavy (non-hydrogen) atoms. The third-order valence-electron chi connectivity index (χ3n) is 2.45. The average molecular weight is 427 g/mol. The van der Waals surface area contributed by atoms with Crippen LogP contribution in [0.4, 0.5) is 0 Å². The van der Waals surface area contributed by atoms with Gasteiger partial charge in [0.1, 0.15) is 6.10 Å². The Bertz CT molecular complexity index is 539. The van der Waals surface area contributed by atoms with Gasteiger partial charge in [0.15, 0.2) is 0 Å². The Labute approximate surface area is 126 Å². The maximum atomic E-state index is 10.4. The van der Waals surface area contributed by atoms with Gasteiger partial charge in [-0.25, -0.2) is 0 Å². The number of halogens is 3. The summed E-state index contributed by atoms with van der Waals surface area (Å²) in [7, 11) is 1.76. The summed E-state index contributed by atoms with van der Waals surface area (Å²) >= 11 is 11.7. The number of benzene rings is 1. The predicted octanol–water partition coefficient (Wildman–Crippen LogP) is 3.52. The van der Waals surface area contributed by atoms with Gasteiger partial charge in [-0.3, -0.25) is 4.68 Å². The standard InChI is InChI=1S/C11H9BrClIN2O/c1-16-10(9(13)5-15-16)11(17)7-4-6(14)2-3-8(7)12/h2-5,11,17H,1H3. The van der Waals surface area contributed by atoms with Crippen LogP contribution in [0.2, 0.25) is 5.02 Å². The van der Waals surface area contributed by atoms with E-state index in [4.69, 9.17) is 11.6 Å². The second-order valence-electron chi connectivity index (χ2n) is 3.57. The first-order valence-electron chi connectivity index (χ1n) is 4.81. The lowest BCUT2D eigenvalue weighted by Crippen LogP contribution is -2.08. The van der Waals surface area contributed by atoms with Crippen LogP contribution < -0.4 is 0 Å². The van der Waals surface area contributed by atoms with Crippen LogP contribution in [0.3, 0.4) is 0 Å². The number of nitrogens with zero attached hydrogens (tertiary/aromatic N) is 2. The Hall–Kier alpha value is -0.110. The van der Waals surface area contributed by atoms with E-state index in [2.05, 4.69) is 43.6 Å². The highest BCUT2D eigenvalue weighted by Crippen LogP contribution is 2.32. The molecule has 0 aliphatic heterocycles. The van der Waals surface area contributed by atoms with Crippen molar-refractivity contribution in [3.8, 4) is 0 Å². The normalized spacial score (nSPS) is 12.8. The molecule has 1 aromatic carbocycles. The van der Waals surface area contributed by atoms with Crippen molar-refractivity contribution in [2.45, 2.75) is 6.10 Å². The lowest BCUT2D eigenvalue weighted by Gasteiger charge is -2.14. The Kier molecular flexibility index (Phi) is 4.12. The Morgan fingerprint density at radius 1 is 1.53 bits per heavy atom. The molecular weight excluding hydrogens is 418 g/mol. The van der Waals surface area contributed by atoms with Crippen LogP contribution in [-0.4, -0.2) is 14.9 Å². The fraction of sp³-hybridized carbons (Fsp3) is 0.182. The Morgan fingerprint density at radius 2 is 2.24 bits per heavy atom. The van der Waals surface area contributed by atoms with E-state index < -0.39 is 6.10 Å². The van der Waals surface area contributed by atoms with Crippen LogP contribution in [-0.2, 0) is 7.05 Å². The van der Waals surface area contributed by atoms with Crippen molar-refractivity contribution < 1.29 is 5.11 Å². The van der Waals surface area contributed by atoms with Crippen molar-refractivity contribution in [2.24, 2.45) is 7.05 Å². The topological polar surface area (TPSA) is 38.0 Å². The predicted molar refractivity (Wildman–Crippen MR) is 79.1 cm³/mol. The molecule has 1 atom stereocenters. The largest absolute Gasteiger partial charge is 0.382 e. The summed E-state index contributed by atoms with van der Waals surface area (Å²) in [5.74, 6) is 0. The molecule has 0 bridgehead atoms. The Morgan fingerprint density at radius 3 is 2.82 bits per heavy atom. The number of rotatable bonds is 2. The quantitative estimate of drug-likeness (QED) is 0.745. The molecule has 90 valence electrons. The highest BCUT2D eigenvalue weighted by molar-refractivity contribution is 14.1. The van der Waals surface area contributed by atoms with E-state index in [-0.39, 0.29) is 0 Å². The zero-order valence-electron chi connectivity index (χ0n) is 8.86. The fourth-order valence-corrected chi connectivity index (χ4v) is 2.85. The second-order valence-corrected chi connectivity index (χ2v) is 6.08. The van der Waals surface area contributed by atoms with Gasteiger partial charge in [0.2, 0.25) is 0 Å². The first-order valence-corrected chi connectivity index (χ1v) is 7.06. The molecule has 0 spiro atoms. The third kappa shape index (κ3) is 2.67. The van der Waals surface area contributed by atoms with Gasteiger partial charge in [-0.05, 0) is 40.8 Å². The van der Waals surface area contributed by atoms with E-state index in [1.54, 1.807) is 11.7 Å². The van der Waals surface area contributed by atoms with Gasteiger partial charge >= 0.3 is 0 Å². The molecule has 0 amide bonds.